The van der Waals surface area contributed by atoms with Gasteiger partial charge in [0.15, 0.2) is 8.07 Å². The third kappa shape index (κ3) is 11.0. The van der Waals surface area contributed by atoms with Crippen molar-refractivity contribution in [2.24, 2.45) is 0 Å². The number of benzene rings is 15. The van der Waals surface area contributed by atoms with Crippen LogP contribution in [-0.4, -0.2) is 8.07 Å². The van der Waals surface area contributed by atoms with E-state index in [1.54, 1.807) is 0 Å². The van der Waals surface area contributed by atoms with Crippen molar-refractivity contribution in [2.45, 2.75) is 32.7 Å². The molecule has 0 amide bonds. The minimum atomic E-state index is -4.75. The second kappa shape index (κ2) is 27.1. The first-order valence-corrected chi connectivity index (χ1v) is 37.0. The normalized spacial score (nSPS) is 13.7. The highest BCUT2D eigenvalue weighted by atomic mass is 28.3. The first-order chi connectivity index (χ1) is 49.3. The van der Waals surface area contributed by atoms with Crippen molar-refractivity contribution in [3.63, 3.8) is 0 Å². The largest absolute Gasteiger partial charge is 0.166 e. The Hall–Kier alpha value is -12.0. The van der Waals surface area contributed by atoms with Crippen molar-refractivity contribution in [3.8, 4) is 134 Å². The van der Waals surface area contributed by atoms with Crippen LogP contribution in [0.2, 0.25) is 5.04 Å². The molecule has 16 rings (SSSR count). The van der Waals surface area contributed by atoms with E-state index < -0.39 is 13.1 Å². The lowest BCUT2D eigenvalue weighted by molar-refractivity contribution is 0.871. The van der Waals surface area contributed by atoms with E-state index in [-0.39, 0.29) is 0 Å². The Morgan fingerprint density at radius 1 is 0.200 bits per heavy atom. The molecule has 1 aliphatic carbocycles. The molecule has 1 aliphatic rings. The summed E-state index contributed by atoms with van der Waals surface area (Å²) >= 11 is 0. The van der Waals surface area contributed by atoms with E-state index in [0.29, 0.717) is 0 Å². The van der Waals surface area contributed by atoms with E-state index >= 15 is 0 Å². The fourth-order valence-corrected chi connectivity index (χ4v) is 24.0. The maximum atomic E-state index is 2.78. The number of allylic oxidation sites excluding steroid dienone is 4. The smallest absolute Gasteiger partial charge is 0.0730 e. The molecule has 0 aromatic heterocycles. The molecule has 0 saturated heterocycles. The fraction of sp³-hybridized carbons (Fsp3) is 0.0505. The molecule has 0 nitrogen and oxygen atoms in total. The predicted octanol–water partition coefficient (Wildman–Crippen LogP) is 25.2. The van der Waals surface area contributed by atoms with Crippen LogP contribution in [0.4, 0.5) is 0 Å². The van der Waals surface area contributed by atoms with Gasteiger partial charge in [-0.15, -0.1) is 0 Å². The molecular formula is C99H76Si. The van der Waals surface area contributed by atoms with Gasteiger partial charge in [-0.1, -0.05) is 388 Å². The van der Waals surface area contributed by atoms with Crippen LogP contribution in [0.3, 0.4) is 0 Å². The van der Waals surface area contributed by atoms with Crippen molar-refractivity contribution in [2.75, 3.05) is 0 Å². The maximum absolute atomic E-state index is 4.75. The molecule has 15 aromatic carbocycles. The molecular weight excluding hydrogens is 1220 g/mol. The van der Waals surface area contributed by atoms with E-state index in [4.69, 9.17) is 0 Å². The Kier molecular flexibility index (Phi) is 17.0. The molecule has 0 saturated carbocycles. The lowest BCUT2D eigenvalue weighted by atomic mass is 9.84. The highest BCUT2D eigenvalue weighted by molar-refractivity contribution is 7.18. The quantitative estimate of drug-likeness (QED) is 0.0668. The Morgan fingerprint density at radius 3 is 0.490 bits per heavy atom. The molecule has 0 spiro atoms. The molecule has 0 bridgehead atoms. The number of hydrogen-bond acceptors (Lipinski definition) is 0. The van der Waals surface area contributed by atoms with Crippen molar-refractivity contribution >= 4 is 23.6 Å². The summed E-state index contributed by atoms with van der Waals surface area (Å²) in [7, 11) is -4.75. The SMILES string of the molecule is CC1=CC(C)([Si](c2c(-c3ccccc3)c(-c3ccccc3)cc(-c3ccccc3)c2-c2ccccc2)(c2c(-c3ccccc3)c(-c3ccccc3)cc(-c3ccccc3)c2-c2ccccc2)c2c(-c3ccccc3)c(-c3ccccc3)cc(-c3ccccc3)c2-c2ccccc2)C(C)=C1C. The van der Waals surface area contributed by atoms with Gasteiger partial charge in [0.25, 0.3) is 0 Å². The van der Waals surface area contributed by atoms with Crippen LogP contribution < -0.4 is 15.6 Å². The zero-order chi connectivity index (χ0) is 67.6. The van der Waals surface area contributed by atoms with Gasteiger partial charge in [0.05, 0.1) is 0 Å². The highest BCUT2D eigenvalue weighted by Gasteiger charge is 2.62. The second-order valence-electron chi connectivity index (χ2n) is 26.7. The van der Waals surface area contributed by atoms with E-state index in [1.165, 1.54) is 65.7 Å². The van der Waals surface area contributed by atoms with Gasteiger partial charge in [-0.3, -0.25) is 0 Å². The molecule has 0 fully saturated rings. The summed E-state index contributed by atoms with van der Waals surface area (Å²) in [6.45, 7) is 10.0. The van der Waals surface area contributed by atoms with Crippen LogP contribution in [0.25, 0.3) is 134 Å². The van der Waals surface area contributed by atoms with Crippen molar-refractivity contribution < 1.29 is 0 Å². The Morgan fingerprint density at radius 2 is 0.350 bits per heavy atom. The Labute approximate surface area is 591 Å². The summed E-state index contributed by atoms with van der Waals surface area (Å²) in [4.78, 5) is 0. The molecule has 0 radical (unpaired) electrons. The summed E-state index contributed by atoms with van der Waals surface area (Å²) in [5.41, 5.74) is 31.8. The Bertz CT molecular complexity index is 4650. The summed E-state index contributed by atoms with van der Waals surface area (Å²) in [5, 5.41) is 3.10. The third-order valence-corrected chi connectivity index (χ3v) is 27.0. The van der Waals surface area contributed by atoms with Gasteiger partial charge >= 0.3 is 0 Å². The van der Waals surface area contributed by atoms with Gasteiger partial charge in [0, 0.05) is 5.04 Å². The first-order valence-electron chi connectivity index (χ1n) is 35.0. The van der Waals surface area contributed by atoms with E-state index in [9.17, 15) is 0 Å². The zero-order valence-corrected chi connectivity index (χ0v) is 58.0. The van der Waals surface area contributed by atoms with E-state index in [0.717, 1.165) is 100 Å². The molecule has 1 unspecified atom stereocenters. The van der Waals surface area contributed by atoms with Crippen molar-refractivity contribution in [3.05, 3.63) is 405 Å². The van der Waals surface area contributed by atoms with E-state index in [1.807, 2.05) is 0 Å². The average Bonchev–Trinajstić information content (AvgIpc) is 1.01. The van der Waals surface area contributed by atoms with Crippen molar-refractivity contribution in [1.82, 2.24) is 0 Å². The zero-order valence-electron chi connectivity index (χ0n) is 57.0. The van der Waals surface area contributed by atoms with E-state index in [2.05, 4.69) is 416 Å². The standard InChI is InChI=1S/C99H76Si/c1-69-68-99(4,71(3)70(69)2)100(96-90(78-53-29-11-30-54-78)84(72-41-17-5-18-42-72)65-85(73-43-19-6-20-44-73)91(96)79-55-31-12-32-56-79,97-92(80-57-33-13-34-58-80)86(74-45-21-7-22-46-74)66-87(75-47-23-8-24-48-75)93(97)81-59-35-14-36-60-81)98-94(82-61-37-15-38-62-82)88(76-49-25-9-26-50-76)67-89(77-51-27-10-28-52-77)95(98)83-63-39-16-40-64-83/h5-68H,1-4H3. The summed E-state index contributed by atoms with van der Waals surface area (Å²) in [5.74, 6) is 0. The molecule has 1 atom stereocenters. The number of hydrogen-bond donors (Lipinski definition) is 0. The average molecular weight is 1290 g/mol. The minimum Gasteiger partial charge on any atom is -0.0730 e. The highest BCUT2D eigenvalue weighted by Crippen LogP contribution is 2.60. The third-order valence-electron chi connectivity index (χ3n) is 21.2. The molecule has 100 heavy (non-hydrogen) atoms. The topological polar surface area (TPSA) is 0 Å². The summed E-state index contributed by atoms with van der Waals surface area (Å²) in [6.07, 6.45) is 2.78. The molecule has 476 valence electrons. The summed E-state index contributed by atoms with van der Waals surface area (Å²) < 4.78 is 0. The van der Waals surface area contributed by atoms with Gasteiger partial charge < -0.3 is 0 Å². The van der Waals surface area contributed by atoms with Gasteiger partial charge in [-0.05, 0) is 194 Å². The van der Waals surface area contributed by atoms with Crippen LogP contribution >= 0.6 is 0 Å². The molecule has 0 heterocycles. The summed E-state index contributed by atoms with van der Waals surface area (Å²) in [6, 6.07) is 145. The molecule has 0 aliphatic heterocycles. The second-order valence-corrected chi connectivity index (χ2v) is 30.8. The fourth-order valence-electron chi connectivity index (χ4n) is 16.6. The lowest BCUT2D eigenvalue weighted by Crippen LogP contribution is -2.75. The van der Waals surface area contributed by atoms with Crippen LogP contribution in [0.15, 0.2) is 405 Å². The number of rotatable bonds is 16. The molecule has 15 aromatic rings. The van der Waals surface area contributed by atoms with Crippen LogP contribution in [0.5, 0.6) is 0 Å². The van der Waals surface area contributed by atoms with Gasteiger partial charge in [-0.2, -0.15) is 0 Å². The van der Waals surface area contributed by atoms with Gasteiger partial charge in [0.2, 0.25) is 0 Å². The van der Waals surface area contributed by atoms with Crippen molar-refractivity contribution in [1.29, 1.82) is 0 Å². The maximum Gasteiger partial charge on any atom is 0.166 e. The van der Waals surface area contributed by atoms with Crippen LogP contribution in [0.1, 0.15) is 27.7 Å². The Balaban J connectivity index is 1.39. The van der Waals surface area contributed by atoms with Crippen LogP contribution in [-0.2, 0) is 0 Å². The van der Waals surface area contributed by atoms with Crippen LogP contribution in [0, 0.1) is 0 Å². The monoisotopic (exact) mass is 1290 g/mol. The molecule has 0 N–H and O–H groups in total. The van der Waals surface area contributed by atoms with Gasteiger partial charge in [-0.25, -0.2) is 0 Å². The first kappa shape index (κ1) is 62.8. The van der Waals surface area contributed by atoms with Gasteiger partial charge in [0.1, 0.15) is 0 Å². The lowest BCUT2D eigenvalue weighted by Gasteiger charge is -2.53. The predicted molar refractivity (Wildman–Crippen MR) is 430 cm³/mol. The minimum absolute atomic E-state index is 0.871. The molecule has 1 heteroatoms.